The second-order valence-electron chi connectivity index (χ2n) is 3.24. The summed E-state index contributed by atoms with van der Waals surface area (Å²) in [4.78, 5) is 13.6. The number of nitrogens with one attached hydrogen (secondary N) is 1. The van der Waals surface area contributed by atoms with Crippen molar-refractivity contribution in [1.82, 2.24) is 4.98 Å². The molecule has 1 heterocycles. The van der Waals surface area contributed by atoms with Gasteiger partial charge in [0.1, 0.15) is 5.75 Å². The maximum absolute atomic E-state index is 12.9. The van der Waals surface area contributed by atoms with E-state index in [4.69, 9.17) is 0 Å². The van der Waals surface area contributed by atoms with E-state index in [1.165, 1.54) is 6.92 Å². The molecular weight excluding hydrogens is 204 g/mol. The lowest BCUT2D eigenvalue weighted by molar-refractivity contribution is 0.474. The van der Waals surface area contributed by atoms with Gasteiger partial charge in [-0.25, -0.2) is 8.78 Å². The fourth-order valence-electron chi connectivity index (χ4n) is 1.37. The Morgan fingerprint density at radius 3 is 2.53 bits per heavy atom. The van der Waals surface area contributed by atoms with Crippen molar-refractivity contribution in [3.63, 3.8) is 0 Å². The summed E-state index contributed by atoms with van der Waals surface area (Å²) in [5.41, 5.74) is -0.374. The smallest absolute Gasteiger partial charge is 0.255 e. The molecule has 0 bridgehead atoms. The van der Waals surface area contributed by atoms with E-state index in [2.05, 4.69) is 4.98 Å². The predicted molar refractivity (Wildman–Crippen MR) is 50.9 cm³/mol. The topological polar surface area (TPSA) is 53.1 Å². The van der Waals surface area contributed by atoms with Gasteiger partial charge in [0.2, 0.25) is 0 Å². The van der Waals surface area contributed by atoms with Gasteiger partial charge >= 0.3 is 0 Å². The van der Waals surface area contributed by atoms with Crippen LogP contribution in [-0.4, -0.2) is 10.1 Å². The van der Waals surface area contributed by atoms with Crippen LogP contribution in [0.4, 0.5) is 8.78 Å². The molecule has 5 heteroatoms. The monoisotopic (exact) mass is 211 g/mol. The first-order chi connectivity index (χ1) is 7.00. The van der Waals surface area contributed by atoms with Crippen LogP contribution in [0.15, 0.2) is 16.9 Å². The van der Waals surface area contributed by atoms with Crippen LogP contribution >= 0.6 is 0 Å². The zero-order valence-corrected chi connectivity index (χ0v) is 7.77. The number of H-pyrrole nitrogens is 1. The molecule has 0 aliphatic carbocycles. The fourth-order valence-corrected chi connectivity index (χ4v) is 1.37. The van der Waals surface area contributed by atoms with Crippen LogP contribution in [-0.2, 0) is 0 Å². The highest BCUT2D eigenvalue weighted by Crippen LogP contribution is 2.25. The molecule has 15 heavy (non-hydrogen) atoms. The van der Waals surface area contributed by atoms with E-state index < -0.39 is 17.2 Å². The summed E-state index contributed by atoms with van der Waals surface area (Å²) in [5, 5.41) is 9.63. The maximum Gasteiger partial charge on any atom is 0.255 e. The molecule has 0 unspecified atom stereocenters. The molecule has 2 aromatic rings. The Hall–Kier alpha value is -1.91. The van der Waals surface area contributed by atoms with E-state index in [0.717, 1.165) is 12.1 Å². The summed E-state index contributed by atoms with van der Waals surface area (Å²) >= 11 is 0. The molecule has 0 amide bonds. The number of hydrogen-bond acceptors (Lipinski definition) is 2. The number of aromatic hydroxyl groups is 1. The fraction of sp³-hybridized carbons (Fsp3) is 0.100. The summed E-state index contributed by atoms with van der Waals surface area (Å²) in [7, 11) is 0. The van der Waals surface area contributed by atoms with Crippen LogP contribution in [0.3, 0.4) is 0 Å². The minimum Gasteiger partial charge on any atom is -0.507 e. The van der Waals surface area contributed by atoms with Crippen molar-refractivity contribution in [2.75, 3.05) is 0 Å². The molecule has 0 saturated heterocycles. The van der Waals surface area contributed by atoms with Crippen LogP contribution < -0.4 is 5.56 Å². The zero-order chi connectivity index (χ0) is 11.2. The van der Waals surface area contributed by atoms with Gasteiger partial charge in [-0.3, -0.25) is 4.79 Å². The highest BCUT2D eigenvalue weighted by Gasteiger charge is 2.11. The molecular formula is C10H7F2NO2. The third-order valence-electron chi connectivity index (χ3n) is 2.26. The van der Waals surface area contributed by atoms with E-state index in [9.17, 15) is 18.7 Å². The van der Waals surface area contributed by atoms with Gasteiger partial charge < -0.3 is 10.1 Å². The third kappa shape index (κ3) is 1.36. The Kier molecular flexibility index (Phi) is 1.96. The number of benzene rings is 1. The van der Waals surface area contributed by atoms with Crippen molar-refractivity contribution >= 4 is 10.9 Å². The van der Waals surface area contributed by atoms with Gasteiger partial charge in [-0.15, -0.1) is 0 Å². The molecule has 2 N–H and O–H groups in total. The Morgan fingerprint density at radius 2 is 1.87 bits per heavy atom. The first kappa shape index (κ1) is 9.64. The number of aromatic amines is 1. The lowest BCUT2D eigenvalue weighted by Crippen LogP contribution is -2.09. The van der Waals surface area contributed by atoms with Crippen LogP contribution in [0, 0.1) is 18.6 Å². The van der Waals surface area contributed by atoms with Gasteiger partial charge in [0.05, 0.1) is 11.1 Å². The quantitative estimate of drug-likeness (QED) is 0.698. The van der Waals surface area contributed by atoms with Crippen LogP contribution in [0.25, 0.3) is 10.9 Å². The highest BCUT2D eigenvalue weighted by molar-refractivity contribution is 5.85. The summed E-state index contributed by atoms with van der Waals surface area (Å²) in [6.45, 7) is 1.40. The Labute approximate surface area is 83.0 Å². The average Bonchev–Trinajstić information content (AvgIpc) is 2.19. The molecule has 1 aromatic heterocycles. The minimum atomic E-state index is -1.07. The van der Waals surface area contributed by atoms with Gasteiger partial charge in [-0.1, -0.05) is 0 Å². The maximum atomic E-state index is 12.9. The average molecular weight is 211 g/mol. The number of pyridine rings is 1. The second kappa shape index (κ2) is 3.05. The van der Waals surface area contributed by atoms with Gasteiger partial charge in [0, 0.05) is 11.5 Å². The van der Waals surface area contributed by atoms with Crippen molar-refractivity contribution in [2.24, 2.45) is 0 Å². The lowest BCUT2D eigenvalue weighted by atomic mass is 10.1. The Balaban J connectivity index is 3.00. The van der Waals surface area contributed by atoms with E-state index in [1.54, 1.807) is 0 Å². The summed E-state index contributed by atoms with van der Waals surface area (Å²) in [5.74, 6) is -2.46. The van der Waals surface area contributed by atoms with Gasteiger partial charge in [0.15, 0.2) is 11.6 Å². The second-order valence-corrected chi connectivity index (χ2v) is 3.24. The largest absolute Gasteiger partial charge is 0.507 e. The molecule has 0 atom stereocenters. The molecule has 1 aromatic carbocycles. The van der Waals surface area contributed by atoms with Gasteiger partial charge in [-0.2, -0.15) is 0 Å². The number of halogens is 2. The molecule has 0 fully saturated rings. The van der Waals surface area contributed by atoms with Crippen LogP contribution in [0.2, 0.25) is 0 Å². The van der Waals surface area contributed by atoms with E-state index in [-0.39, 0.29) is 22.2 Å². The number of aromatic nitrogens is 1. The Bertz CT molecular complexity index is 604. The minimum absolute atomic E-state index is 0.0713. The molecule has 78 valence electrons. The molecule has 0 aliphatic heterocycles. The summed E-state index contributed by atoms with van der Waals surface area (Å²) in [6, 6.07) is 1.69. The molecule has 0 saturated carbocycles. The summed E-state index contributed by atoms with van der Waals surface area (Å²) < 4.78 is 25.7. The molecule has 3 nitrogen and oxygen atoms in total. The molecule has 0 spiro atoms. The van der Waals surface area contributed by atoms with E-state index in [1.807, 2.05) is 0 Å². The summed E-state index contributed by atoms with van der Waals surface area (Å²) in [6.07, 6.45) is 0. The number of rotatable bonds is 0. The number of hydrogen-bond donors (Lipinski definition) is 2. The first-order valence-corrected chi connectivity index (χ1v) is 4.21. The number of fused-ring (bicyclic) bond motifs is 1. The molecule has 2 rings (SSSR count). The van der Waals surface area contributed by atoms with Crippen molar-refractivity contribution in [3.05, 3.63) is 39.7 Å². The molecule has 0 aliphatic rings. The third-order valence-corrected chi connectivity index (χ3v) is 2.26. The first-order valence-electron chi connectivity index (χ1n) is 4.21. The van der Waals surface area contributed by atoms with Gasteiger partial charge in [-0.05, 0) is 13.0 Å². The lowest BCUT2D eigenvalue weighted by Gasteiger charge is -2.04. The van der Waals surface area contributed by atoms with Crippen LogP contribution in [0.5, 0.6) is 5.75 Å². The van der Waals surface area contributed by atoms with E-state index >= 15 is 0 Å². The van der Waals surface area contributed by atoms with E-state index in [0.29, 0.717) is 0 Å². The van der Waals surface area contributed by atoms with Crippen molar-refractivity contribution < 1.29 is 13.9 Å². The van der Waals surface area contributed by atoms with Crippen molar-refractivity contribution in [1.29, 1.82) is 0 Å². The standard InChI is InChI=1S/C10H7F2NO2/c1-4-9(14)5-2-6(11)7(12)3-8(5)13-10(4)15/h2-3H,1H3,(H2,13,14,15). The Morgan fingerprint density at radius 1 is 1.27 bits per heavy atom. The highest BCUT2D eigenvalue weighted by atomic mass is 19.2. The SMILES string of the molecule is Cc1c(O)c2cc(F)c(F)cc2[nH]c1=O. The van der Waals surface area contributed by atoms with Crippen molar-refractivity contribution in [3.8, 4) is 5.75 Å². The predicted octanol–water partition coefficient (Wildman–Crippen LogP) is 1.82. The molecule has 0 radical (unpaired) electrons. The zero-order valence-electron chi connectivity index (χ0n) is 7.77. The van der Waals surface area contributed by atoms with Crippen molar-refractivity contribution in [2.45, 2.75) is 6.92 Å². The van der Waals surface area contributed by atoms with Crippen LogP contribution in [0.1, 0.15) is 5.56 Å². The normalized spacial score (nSPS) is 10.9. The van der Waals surface area contributed by atoms with Gasteiger partial charge in [0.25, 0.3) is 5.56 Å².